The van der Waals surface area contributed by atoms with Crippen LogP contribution in [0.4, 0.5) is 0 Å². The summed E-state index contributed by atoms with van der Waals surface area (Å²) in [6.07, 6.45) is 5.50. The SMILES string of the molecule is CCCC(C)CN1CCCC(C(C)NCC)C1. The molecule has 2 heteroatoms. The van der Waals surface area contributed by atoms with E-state index in [4.69, 9.17) is 0 Å². The van der Waals surface area contributed by atoms with Crippen LogP contribution in [0.3, 0.4) is 0 Å². The highest BCUT2D eigenvalue weighted by molar-refractivity contribution is 4.80. The Morgan fingerprint density at radius 3 is 2.71 bits per heavy atom. The Balaban J connectivity index is 2.32. The molecule has 1 rings (SSSR count). The van der Waals surface area contributed by atoms with E-state index in [9.17, 15) is 0 Å². The van der Waals surface area contributed by atoms with E-state index in [2.05, 4.69) is 37.9 Å². The molecule has 0 spiro atoms. The number of nitrogens with zero attached hydrogens (tertiary/aromatic N) is 1. The van der Waals surface area contributed by atoms with Gasteiger partial charge in [-0.3, -0.25) is 0 Å². The van der Waals surface area contributed by atoms with Gasteiger partial charge in [-0.1, -0.05) is 27.2 Å². The first-order valence-corrected chi connectivity index (χ1v) is 7.63. The van der Waals surface area contributed by atoms with Gasteiger partial charge in [0.15, 0.2) is 0 Å². The summed E-state index contributed by atoms with van der Waals surface area (Å²) in [6.45, 7) is 14.3. The van der Waals surface area contributed by atoms with Crippen LogP contribution in [0.15, 0.2) is 0 Å². The highest BCUT2D eigenvalue weighted by Gasteiger charge is 2.24. The van der Waals surface area contributed by atoms with Gasteiger partial charge >= 0.3 is 0 Å². The zero-order valence-corrected chi connectivity index (χ0v) is 12.3. The Kier molecular flexibility index (Phi) is 7.14. The van der Waals surface area contributed by atoms with Gasteiger partial charge < -0.3 is 10.2 Å². The van der Waals surface area contributed by atoms with Gasteiger partial charge in [-0.25, -0.2) is 0 Å². The molecule has 17 heavy (non-hydrogen) atoms. The van der Waals surface area contributed by atoms with E-state index in [1.54, 1.807) is 0 Å². The molecule has 0 aromatic carbocycles. The lowest BCUT2D eigenvalue weighted by Gasteiger charge is -2.37. The molecule has 1 aliphatic rings. The Labute approximate surface area is 108 Å². The number of hydrogen-bond acceptors (Lipinski definition) is 2. The predicted molar refractivity (Wildman–Crippen MR) is 76.4 cm³/mol. The van der Waals surface area contributed by atoms with Gasteiger partial charge in [0.1, 0.15) is 0 Å². The van der Waals surface area contributed by atoms with Crippen molar-refractivity contribution in [3.63, 3.8) is 0 Å². The van der Waals surface area contributed by atoms with Crippen LogP contribution in [0.2, 0.25) is 0 Å². The lowest BCUT2D eigenvalue weighted by Crippen LogP contribution is -2.45. The van der Waals surface area contributed by atoms with E-state index in [0.29, 0.717) is 6.04 Å². The first kappa shape index (κ1) is 15.0. The molecule has 3 atom stereocenters. The maximum absolute atomic E-state index is 3.59. The monoisotopic (exact) mass is 240 g/mol. The number of hydrogen-bond donors (Lipinski definition) is 1. The molecule has 102 valence electrons. The topological polar surface area (TPSA) is 15.3 Å². The third-order valence-corrected chi connectivity index (χ3v) is 4.13. The maximum Gasteiger partial charge on any atom is 0.00791 e. The van der Waals surface area contributed by atoms with E-state index < -0.39 is 0 Å². The van der Waals surface area contributed by atoms with Gasteiger partial charge in [0.2, 0.25) is 0 Å². The molecule has 0 bridgehead atoms. The van der Waals surface area contributed by atoms with Crippen molar-refractivity contribution < 1.29 is 0 Å². The van der Waals surface area contributed by atoms with Gasteiger partial charge in [-0.05, 0) is 51.1 Å². The van der Waals surface area contributed by atoms with Crippen molar-refractivity contribution in [1.82, 2.24) is 10.2 Å². The molecule has 0 aromatic heterocycles. The second-order valence-corrected chi connectivity index (χ2v) is 5.90. The second kappa shape index (κ2) is 8.10. The van der Waals surface area contributed by atoms with Crippen molar-refractivity contribution >= 4 is 0 Å². The van der Waals surface area contributed by atoms with E-state index in [-0.39, 0.29) is 0 Å². The third kappa shape index (κ3) is 5.39. The van der Waals surface area contributed by atoms with Crippen LogP contribution in [0.5, 0.6) is 0 Å². The minimum Gasteiger partial charge on any atom is -0.314 e. The number of piperidine rings is 1. The molecular formula is C15H32N2. The summed E-state index contributed by atoms with van der Waals surface area (Å²) < 4.78 is 0. The standard InChI is InChI=1S/C15H32N2/c1-5-8-13(3)11-17-10-7-9-15(12-17)14(4)16-6-2/h13-16H,5-12H2,1-4H3. The fourth-order valence-corrected chi connectivity index (χ4v) is 3.18. The quantitative estimate of drug-likeness (QED) is 0.735. The first-order valence-electron chi connectivity index (χ1n) is 7.63. The summed E-state index contributed by atoms with van der Waals surface area (Å²) in [5, 5.41) is 3.59. The molecule has 1 N–H and O–H groups in total. The molecule has 1 saturated heterocycles. The smallest absolute Gasteiger partial charge is 0.00791 e. The van der Waals surface area contributed by atoms with Gasteiger partial charge in [0.25, 0.3) is 0 Å². The summed E-state index contributed by atoms with van der Waals surface area (Å²) in [5.74, 6) is 1.73. The lowest BCUT2D eigenvalue weighted by molar-refractivity contribution is 0.133. The van der Waals surface area contributed by atoms with Crippen molar-refractivity contribution in [2.24, 2.45) is 11.8 Å². The lowest BCUT2D eigenvalue weighted by atomic mass is 9.90. The van der Waals surface area contributed by atoms with Crippen molar-refractivity contribution in [3.05, 3.63) is 0 Å². The van der Waals surface area contributed by atoms with Gasteiger partial charge in [0, 0.05) is 19.1 Å². The van der Waals surface area contributed by atoms with Crippen LogP contribution < -0.4 is 5.32 Å². The summed E-state index contributed by atoms with van der Waals surface area (Å²) >= 11 is 0. The molecule has 0 radical (unpaired) electrons. The number of nitrogens with one attached hydrogen (secondary N) is 1. The predicted octanol–water partition coefficient (Wildman–Crippen LogP) is 3.13. The Morgan fingerprint density at radius 2 is 2.06 bits per heavy atom. The van der Waals surface area contributed by atoms with Crippen LogP contribution in [-0.2, 0) is 0 Å². The van der Waals surface area contributed by atoms with E-state index in [1.807, 2.05) is 0 Å². The Bertz CT molecular complexity index is 193. The average Bonchev–Trinajstić information content (AvgIpc) is 2.30. The van der Waals surface area contributed by atoms with Crippen LogP contribution in [0, 0.1) is 11.8 Å². The first-order chi connectivity index (χ1) is 8.17. The largest absolute Gasteiger partial charge is 0.314 e. The number of rotatable bonds is 7. The van der Waals surface area contributed by atoms with Crippen molar-refractivity contribution in [2.45, 2.75) is 59.4 Å². The maximum atomic E-state index is 3.59. The summed E-state index contributed by atoms with van der Waals surface area (Å²) in [6, 6.07) is 0.685. The van der Waals surface area contributed by atoms with Crippen molar-refractivity contribution in [2.75, 3.05) is 26.2 Å². The summed E-state index contributed by atoms with van der Waals surface area (Å²) in [4.78, 5) is 2.70. The van der Waals surface area contributed by atoms with Crippen molar-refractivity contribution in [1.29, 1.82) is 0 Å². The molecular weight excluding hydrogens is 208 g/mol. The fraction of sp³-hybridized carbons (Fsp3) is 1.00. The van der Waals surface area contributed by atoms with Gasteiger partial charge in [-0.15, -0.1) is 0 Å². The highest BCUT2D eigenvalue weighted by Crippen LogP contribution is 2.21. The molecule has 0 saturated carbocycles. The average molecular weight is 240 g/mol. The van der Waals surface area contributed by atoms with Gasteiger partial charge in [-0.2, -0.15) is 0 Å². The zero-order valence-electron chi connectivity index (χ0n) is 12.3. The van der Waals surface area contributed by atoms with Crippen LogP contribution in [-0.4, -0.2) is 37.1 Å². The molecule has 2 nitrogen and oxygen atoms in total. The molecule has 1 heterocycles. The van der Waals surface area contributed by atoms with E-state index in [0.717, 1.165) is 18.4 Å². The third-order valence-electron chi connectivity index (χ3n) is 4.13. The normalized spacial score (nSPS) is 25.8. The minimum atomic E-state index is 0.685. The second-order valence-electron chi connectivity index (χ2n) is 5.90. The van der Waals surface area contributed by atoms with Crippen molar-refractivity contribution in [3.8, 4) is 0 Å². The molecule has 0 aliphatic carbocycles. The van der Waals surface area contributed by atoms with Crippen LogP contribution in [0.1, 0.15) is 53.4 Å². The summed E-state index contributed by atoms with van der Waals surface area (Å²) in [7, 11) is 0. The molecule has 0 aromatic rings. The zero-order chi connectivity index (χ0) is 12.7. The van der Waals surface area contributed by atoms with Gasteiger partial charge in [0.05, 0.1) is 0 Å². The molecule has 1 aliphatic heterocycles. The molecule has 3 unspecified atom stereocenters. The van der Waals surface area contributed by atoms with E-state index >= 15 is 0 Å². The Hall–Kier alpha value is -0.0800. The number of likely N-dealkylation sites (tertiary alicyclic amines) is 1. The summed E-state index contributed by atoms with van der Waals surface area (Å²) in [5.41, 5.74) is 0. The van der Waals surface area contributed by atoms with E-state index in [1.165, 1.54) is 45.3 Å². The molecule has 1 fully saturated rings. The van der Waals surface area contributed by atoms with Crippen LogP contribution in [0.25, 0.3) is 0 Å². The highest BCUT2D eigenvalue weighted by atomic mass is 15.1. The molecule has 0 amide bonds. The Morgan fingerprint density at radius 1 is 1.29 bits per heavy atom. The fourth-order valence-electron chi connectivity index (χ4n) is 3.18. The van der Waals surface area contributed by atoms with Crippen LogP contribution >= 0.6 is 0 Å². The minimum absolute atomic E-state index is 0.685.